The topological polar surface area (TPSA) is 105 Å². The van der Waals surface area contributed by atoms with E-state index in [0.29, 0.717) is 35.1 Å². The van der Waals surface area contributed by atoms with Crippen LogP contribution in [-0.4, -0.2) is 26.3 Å². The highest BCUT2D eigenvalue weighted by Gasteiger charge is 2.25. The maximum absolute atomic E-state index is 11.5. The summed E-state index contributed by atoms with van der Waals surface area (Å²) >= 11 is 12.2. The highest BCUT2D eigenvalue weighted by atomic mass is 35.5. The van der Waals surface area contributed by atoms with Crippen molar-refractivity contribution in [1.29, 1.82) is 0 Å². The summed E-state index contributed by atoms with van der Waals surface area (Å²) < 4.78 is 22.0. The zero-order valence-corrected chi connectivity index (χ0v) is 18.9. The van der Waals surface area contributed by atoms with Crippen LogP contribution in [0.25, 0.3) is 0 Å². The fourth-order valence-electron chi connectivity index (χ4n) is 2.72. The van der Waals surface area contributed by atoms with Crippen LogP contribution in [0.4, 0.5) is 5.82 Å². The molecule has 0 aliphatic carbocycles. The highest BCUT2D eigenvalue weighted by Crippen LogP contribution is 2.40. The van der Waals surface area contributed by atoms with Gasteiger partial charge < -0.3 is 14.5 Å². The molecule has 2 N–H and O–H groups in total. The molecule has 0 aliphatic rings. The predicted molar refractivity (Wildman–Crippen MR) is 119 cm³/mol. The van der Waals surface area contributed by atoms with Gasteiger partial charge in [0.25, 0.3) is 0 Å². The lowest BCUT2D eigenvalue weighted by Crippen LogP contribution is -2.26. The van der Waals surface area contributed by atoms with Gasteiger partial charge in [-0.2, -0.15) is 4.62 Å². The van der Waals surface area contributed by atoms with Crippen LogP contribution in [0.1, 0.15) is 18.2 Å². The maximum Gasteiger partial charge on any atom is 0.491 e. The third-order valence-corrected chi connectivity index (χ3v) is 5.24. The number of rotatable bonds is 9. The van der Waals surface area contributed by atoms with E-state index < -0.39 is 7.82 Å². The Hall–Kier alpha value is -2.19. The average Bonchev–Trinajstić information content (AvgIpc) is 2.73. The standard InChI is InChI=1S/C20H20Cl2N3O5P/c1-2-18-19(22)20(24-13-23-18)25(30-31(26,27)28)12-11-14-3-7-16(8-4-14)29-17-9-5-15(21)6-10-17/h3-10,13H,2,11-12H2,1H3,(H2,26,27,28). The molecule has 0 fully saturated rings. The SMILES string of the molecule is CCc1ncnc(N(CCc2ccc(Oc3ccc(Cl)cc3)cc2)OP(=O)(O)O)c1Cl. The molecule has 2 aromatic carbocycles. The van der Waals surface area contributed by atoms with E-state index in [4.69, 9.17) is 32.6 Å². The first-order valence-corrected chi connectivity index (χ1v) is 11.6. The molecule has 0 spiro atoms. The Bertz CT molecular complexity index is 1060. The Labute approximate surface area is 189 Å². The molecule has 3 rings (SSSR count). The molecule has 0 saturated carbocycles. The molecular formula is C20H20Cl2N3O5P. The molecular weight excluding hydrogens is 464 g/mol. The molecule has 164 valence electrons. The van der Waals surface area contributed by atoms with Crippen molar-refractivity contribution in [2.75, 3.05) is 11.6 Å². The highest BCUT2D eigenvalue weighted by molar-refractivity contribution is 7.46. The molecule has 0 saturated heterocycles. The quantitative estimate of drug-likeness (QED) is 0.315. The Morgan fingerprint density at radius 1 is 1.00 bits per heavy atom. The van der Waals surface area contributed by atoms with Crippen molar-refractivity contribution in [2.24, 2.45) is 0 Å². The molecule has 11 heteroatoms. The van der Waals surface area contributed by atoms with E-state index >= 15 is 0 Å². The molecule has 0 amide bonds. The largest absolute Gasteiger partial charge is 0.491 e. The van der Waals surface area contributed by atoms with Crippen molar-refractivity contribution in [1.82, 2.24) is 9.97 Å². The van der Waals surface area contributed by atoms with Crippen LogP contribution in [0.5, 0.6) is 11.5 Å². The lowest BCUT2D eigenvalue weighted by molar-refractivity contribution is 0.177. The van der Waals surface area contributed by atoms with Crippen LogP contribution >= 0.6 is 31.0 Å². The molecule has 31 heavy (non-hydrogen) atoms. The number of hydroxylamine groups is 1. The summed E-state index contributed by atoms with van der Waals surface area (Å²) in [5, 5.41) is 1.81. The molecule has 3 aromatic rings. The van der Waals surface area contributed by atoms with E-state index in [-0.39, 0.29) is 17.4 Å². The average molecular weight is 484 g/mol. The van der Waals surface area contributed by atoms with E-state index in [0.717, 1.165) is 10.6 Å². The second-order valence-corrected chi connectivity index (χ2v) is 8.39. The first kappa shape index (κ1) is 23.5. The van der Waals surface area contributed by atoms with Gasteiger partial charge in [0.2, 0.25) is 0 Å². The number of aromatic nitrogens is 2. The van der Waals surface area contributed by atoms with E-state index in [1.165, 1.54) is 6.33 Å². The first-order valence-electron chi connectivity index (χ1n) is 9.29. The molecule has 0 atom stereocenters. The van der Waals surface area contributed by atoms with Crippen LogP contribution in [-0.2, 0) is 22.0 Å². The smallest absolute Gasteiger partial charge is 0.457 e. The zero-order chi connectivity index (χ0) is 22.4. The summed E-state index contributed by atoms with van der Waals surface area (Å²) in [7, 11) is -4.82. The van der Waals surface area contributed by atoms with Gasteiger partial charge in [0.05, 0.1) is 12.2 Å². The molecule has 0 radical (unpaired) electrons. The number of anilines is 1. The predicted octanol–water partition coefficient (Wildman–Crippen LogP) is 5.21. The summed E-state index contributed by atoms with van der Waals surface area (Å²) in [5.41, 5.74) is 1.44. The van der Waals surface area contributed by atoms with Crippen molar-refractivity contribution < 1.29 is 23.7 Å². The number of phosphoric acid groups is 1. The Morgan fingerprint density at radius 3 is 2.19 bits per heavy atom. The van der Waals surface area contributed by atoms with E-state index in [1.807, 2.05) is 19.1 Å². The number of hydrogen-bond acceptors (Lipinski definition) is 6. The zero-order valence-electron chi connectivity index (χ0n) is 16.5. The van der Waals surface area contributed by atoms with Crippen LogP contribution in [0.2, 0.25) is 10.0 Å². The van der Waals surface area contributed by atoms with Gasteiger partial charge in [-0.3, -0.25) is 0 Å². The number of ether oxygens (including phenoxy) is 1. The normalized spacial score (nSPS) is 11.4. The molecule has 0 aliphatic heterocycles. The number of nitrogens with zero attached hydrogens (tertiary/aromatic N) is 3. The summed E-state index contributed by atoms with van der Waals surface area (Å²) in [6.45, 7) is 1.96. The van der Waals surface area contributed by atoms with E-state index in [2.05, 4.69) is 9.97 Å². The molecule has 0 unspecified atom stereocenters. The molecule has 0 bridgehead atoms. The Balaban J connectivity index is 1.71. The molecule has 8 nitrogen and oxygen atoms in total. The fourth-order valence-corrected chi connectivity index (χ4v) is 3.59. The van der Waals surface area contributed by atoms with Crippen LogP contribution in [0, 0.1) is 0 Å². The second-order valence-electron chi connectivity index (χ2n) is 6.44. The van der Waals surface area contributed by atoms with Crippen molar-refractivity contribution in [3.8, 4) is 11.5 Å². The number of halogens is 2. The lowest BCUT2D eigenvalue weighted by atomic mass is 10.1. The number of hydrogen-bond donors (Lipinski definition) is 2. The Kier molecular flexibility index (Phi) is 7.89. The minimum Gasteiger partial charge on any atom is -0.457 e. The van der Waals surface area contributed by atoms with Gasteiger partial charge in [-0.25, -0.2) is 19.6 Å². The van der Waals surface area contributed by atoms with Crippen LogP contribution in [0.15, 0.2) is 54.9 Å². The van der Waals surface area contributed by atoms with Gasteiger partial charge in [-0.15, -0.1) is 0 Å². The minimum atomic E-state index is -4.82. The lowest BCUT2D eigenvalue weighted by Gasteiger charge is -2.24. The third kappa shape index (κ3) is 6.90. The number of aryl methyl sites for hydroxylation is 1. The molecule has 1 heterocycles. The molecule has 1 aromatic heterocycles. The van der Waals surface area contributed by atoms with Gasteiger partial charge in [-0.05, 0) is 54.8 Å². The maximum atomic E-state index is 11.5. The van der Waals surface area contributed by atoms with E-state index in [9.17, 15) is 14.4 Å². The summed E-state index contributed by atoms with van der Waals surface area (Å²) in [6, 6.07) is 14.3. The van der Waals surface area contributed by atoms with Gasteiger partial charge in [0, 0.05) is 5.02 Å². The van der Waals surface area contributed by atoms with Crippen molar-refractivity contribution >= 4 is 36.8 Å². The summed E-state index contributed by atoms with van der Waals surface area (Å²) in [6.07, 6.45) is 2.22. The van der Waals surface area contributed by atoms with Gasteiger partial charge in [-0.1, -0.05) is 42.3 Å². The van der Waals surface area contributed by atoms with E-state index in [1.54, 1.807) is 36.4 Å². The Morgan fingerprint density at radius 2 is 1.61 bits per heavy atom. The van der Waals surface area contributed by atoms with Gasteiger partial charge >= 0.3 is 7.82 Å². The van der Waals surface area contributed by atoms with Crippen molar-refractivity contribution in [3.05, 3.63) is 76.2 Å². The van der Waals surface area contributed by atoms with Crippen molar-refractivity contribution in [3.63, 3.8) is 0 Å². The number of benzene rings is 2. The first-order chi connectivity index (χ1) is 14.7. The van der Waals surface area contributed by atoms with Crippen molar-refractivity contribution in [2.45, 2.75) is 19.8 Å². The van der Waals surface area contributed by atoms with Crippen LogP contribution < -0.4 is 9.80 Å². The fraction of sp³-hybridized carbons (Fsp3) is 0.200. The van der Waals surface area contributed by atoms with Gasteiger partial charge in [0.1, 0.15) is 22.8 Å². The summed E-state index contributed by atoms with van der Waals surface area (Å²) in [4.78, 5) is 26.7. The summed E-state index contributed by atoms with van der Waals surface area (Å²) in [5.74, 6) is 1.39. The third-order valence-electron chi connectivity index (χ3n) is 4.20. The minimum absolute atomic E-state index is 0.0968. The second kappa shape index (κ2) is 10.4. The van der Waals surface area contributed by atoms with Gasteiger partial charge in [0.15, 0.2) is 5.82 Å². The monoisotopic (exact) mass is 483 g/mol. The van der Waals surface area contributed by atoms with Crippen LogP contribution in [0.3, 0.4) is 0 Å².